The second-order valence-electron chi connectivity index (χ2n) is 4.96. The maximum atomic E-state index is 12.8. The topological polar surface area (TPSA) is 49.4 Å². The average molecular weight is 320 g/mol. The summed E-state index contributed by atoms with van der Waals surface area (Å²) in [5.41, 5.74) is 0.325. The Labute approximate surface area is 125 Å². The van der Waals surface area contributed by atoms with E-state index in [2.05, 4.69) is 5.32 Å². The van der Waals surface area contributed by atoms with Crippen molar-refractivity contribution in [1.29, 1.82) is 0 Å². The van der Waals surface area contributed by atoms with Crippen LogP contribution in [0.2, 0.25) is 0 Å². The first-order valence-electron chi connectivity index (χ1n) is 6.90. The number of halogens is 2. The lowest BCUT2D eigenvalue weighted by Gasteiger charge is -2.26. The Morgan fingerprint density at radius 3 is 2.38 bits per heavy atom. The molecule has 0 heterocycles. The summed E-state index contributed by atoms with van der Waals surface area (Å²) >= 11 is 0. The Morgan fingerprint density at radius 1 is 1.24 bits per heavy atom. The number of para-hydroxylation sites is 1. The number of benzene rings is 1. The van der Waals surface area contributed by atoms with Crippen LogP contribution in [0.25, 0.3) is 0 Å². The number of alkyl halides is 2. The number of sulfone groups is 1. The first kappa shape index (κ1) is 17.8. The van der Waals surface area contributed by atoms with E-state index in [4.69, 9.17) is 0 Å². The van der Waals surface area contributed by atoms with E-state index in [1.54, 1.807) is 17.0 Å². The highest BCUT2D eigenvalue weighted by Gasteiger charge is 2.30. The summed E-state index contributed by atoms with van der Waals surface area (Å²) in [6.07, 6.45) is 0. The molecule has 0 radical (unpaired) electrons. The fraction of sp³-hybridized carbons (Fsp3) is 0.571. The summed E-state index contributed by atoms with van der Waals surface area (Å²) in [5, 5.41) is 3.22. The molecule has 0 saturated carbocycles. The van der Waals surface area contributed by atoms with Crippen molar-refractivity contribution in [2.24, 2.45) is 0 Å². The van der Waals surface area contributed by atoms with Crippen LogP contribution >= 0.6 is 0 Å². The molecule has 120 valence electrons. The first-order valence-corrected chi connectivity index (χ1v) is 8.44. The molecule has 0 aliphatic carbocycles. The van der Waals surface area contributed by atoms with E-state index < -0.39 is 15.6 Å². The molecule has 0 spiro atoms. The van der Waals surface area contributed by atoms with E-state index in [-0.39, 0.29) is 4.90 Å². The Morgan fingerprint density at radius 2 is 1.86 bits per heavy atom. The Bertz CT molecular complexity index is 548. The molecule has 0 amide bonds. The van der Waals surface area contributed by atoms with E-state index in [9.17, 15) is 17.2 Å². The number of hydrogen-bond donors (Lipinski definition) is 1. The normalized spacial score (nSPS) is 12.1. The molecule has 1 rings (SSSR count). The van der Waals surface area contributed by atoms with Gasteiger partial charge in [0.2, 0.25) is 9.84 Å². The van der Waals surface area contributed by atoms with E-state index >= 15 is 0 Å². The summed E-state index contributed by atoms with van der Waals surface area (Å²) in [6, 6.07) is 6.21. The molecule has 0 bridgehead atoms. The van der Waals surface area contributed by atoms with Crippen molar-refractivity contribution in [2.75, 3.05) is 24.5 Å². The van der Waals surface area contributed by atoms with Crippen LogP contribution < -0.4 is 10.2 Å². The van der Waals surface area contributed by atoms with Gasteiger partial charge in [-0.1, -0.05) is 26.0 Å². The van der Waals surface area contributed by atoms with Gasteiger partial charge in [-0.05, 0) is 19.1 Å². The van der Waals surface area contributed by atoms with Crippen molar-refractivity contribution in [3.8, 4) is 0 Å². The minimum atomic E-state index is -4.60. The highest BCUT2D eigenvalue weighted by molar-refractivity contribution is 7.91. The van der Waals surface area contributed by atoms with Crippen LogP contribution in [0.15, 0.2) is 29.2 Å². The third-order valence-electron chi connectivity index (χ3n) is 3.06. The first-order chi connectivity index (χ1) is 9.80. The molecule has 1 aromatic carbocycles. The van der Waals surface area contributed by atoms with Gasteiger partial charge in [-0.15, -0.1) is 0 Å². The van der Waals surface area contributed by atoms with Gasteiger partial charge in [0.05, 0.1) is 10.6 Å². The maximum Gasteiger partial charge on any atom is 0.341 e. The summed E-state index contributed by atoms with van der Waals surface area (Å²) in [7, 11) is -4.60. The number of rotatable bonds is 8. The molecule has 4 nitrogen and oxygen atoms in total. The second kappa shape index (κ2) is 7.70. The van der Waals surface area contributed by atoms with Gasteiger partial charge in [-0.25, -0.2) is 8.42 Å². The predicted molar refractivity (Wildman–Crippen MR) is 80.7 cm³/mol. The zero-order valence-corrected chi connectivity index (χ0v) is 13.3. The molecule has 0 aromatic heterocycles. The van der Waals surface area contributed by atoms with Crippen LogP contribution in [0.1, 0.15) is 20.8 Å². The largest absolute Gasteiger partial charge is 0.369 e. The molecule has 0 atom stereocenters. The van der Waals surface area contributed by atoms with Crippen molar-refractivity contribution in [1.82, 2.24) is 5.32 Å². The molecule has 21 heavy (non-hydrogen) atoms. The summed E-state index contributed by atoms with van der Waals surface area (Å²) in [5.74, 6) is -3.41. The Kier molecular flexibility index (Phi) is 6.54. The predicted octanol–water partition coefficient (Wildman–Crippen LogP) is 2.51. The highest BCUT2D eigenvalue weighted by Crippen LogP contribution is 2.28. The van der Waals surface area contributed by atoms with Crippen molar-refractivity contribution in [2.45, 2.75) is 37.5 Å². The molecule has 0 fully saturated rings. The minimum absolute atomic E-state index is 0.309. The highest BCUT2D eigenvalue weighted by atomic mass is 32.2. The monoisotopic (exact) mass is 320 g/mol. The smallest absolute Gasteiger partial charge is 0.341 e. The summed E-state index contributed by atoms with van der Waals surface area (Å²) < 4.78 is 49.1. The quantitative estimate of drug-likeness (QED) is 0.799. The van der Waals surface area contributed by atoms with Crippen molar-refractivity contribution < 1.29 is 17.2 Å². The molecule has 0 aliphatic rings. The molecular weight excluding hydrogens is 298 g/mol. The molecule has 1 N–H and O–H groups in total. The van der Waals surface area contributed by atoms with Crippen LogP contribution in [-0.2, 0) is 9.84 Å². The zero-order valence-electron chi connectivity index (χ0n) is 12.5. The average Bonchev–Trinajstić information content (AvgIpc) is 2.43. The van der Waals surface area contributed by atoms with Gasteiger partial charge in [-0.3, -0.25) is 0 Å². The number of hydrogen-bond acceptors (Lipinski definition) is 4. The zero-order chi connectivity index (χ0) is 16.0. The van der Waals surface area contributed by atoms with Crippen LogP contribution in [0.5, 0.6) is 0 Å². The van der Waals surface area contributed by atoms with E-state index in [0.29, 0.717) is 31.4 Å². The lowest BCUT2D eigenvalue weighted by molar-refractivity contribution is 0.235. The standard InChI is InChI=1S/C14H22F2N2O2S/c1-4-18(10-9-17-11(2)3)12-7-5-6-8-13(12)21(19,20)14(15)16/h5-8,11,14,17H,4,9-10H2,1-3H3. The molecule has 0 aliphatic heterocycles. The fourth-order valence-electron chi connectivity index (χ4n) is 1.99. The molecule has 0 saturated heterocycles. The van der Waals surface area contributed by atoms with Crippen LogP contribution in [-0.4, -0.2) is 39.9 Å². The molecular formula is C14H22F2N2O2S. The van der Waals surface area contributed by atoms with Crippen LogP contribution in [0.3, 0.4) is 0 Å². The minimum Gasteiger partial charge on any atom is -0.369 e. The van der Waals surface area contributed by atoms with Gasteiger partial charge in [0.25, 0.3) is 0 Å². The second-order valence-corrected chi connectivity index (χ2v) is 6.85. The van der Waals surface area contributed by atoms with Gasteiger partial charge in [0.15, 0.2) is 0 Å². The third-order valence-corrected chi connectivity index (χ3v) is 4.49. The van der Waals surface area contributed by atoms with Crippen LogP contribution in [0, 0.1) is 0 Å². The lowest BCUT2D eigenvalue weighted by Crippen LogP contribution is -2.35. The van der Waals surface area contributed by atoms with Gasteiger partial charge in [0, 0.05) is 25.7 Å². The molecule has 0 unspecified atom stereocenters. The number of nitrogens with one attached hydrogen (secondary N) is 1. The molecule has 7 heteroatoms. The SMILES string of the molecule is CCN(CCNC(C)C)c1ccccc1S(=O)(=O)C(F)F. The Hall–Kier alpha value is -1.21. The van der Waals surface area contributed by atoms with Gasteiger partial charge in [-0.2, -0.15) is 8.78 Å². The Balaban J connectivity index is 3.05. The summed E-state index contributed by atoms with van der Waals surface area (Å²) in [6.45, 7) is 7.60. The number of nitrogens with zero attached hydrogens (tertiary/aromatic N) is 1. The van der Waals surface area contributed by atoms with E-state index in [1.165, 1.54) is 12.1 Å². The van der Waals surface area contributed by atoms with Gasteiger partial charge in [0.1, 0.15) is 0 Å². The molecule has 1 aromatic rings. The lowest BCUT2D eigenvalue weighted by atomic mass is 10.2. The van der Waals surface area contributed by atoms with Crippen molar-refractivity contribution in [3.63, 3.8) is 0 Å². The fourth-order valence-corrected chi connectivity index (χ4v) is 2.94. The van der Waals surface area contributed by atoms with Crippen LogP contribution in [0.4, 0.5) is 14.5 Å². The van der Waals surface area contributed by atoms with E-state index in [1.807, 2.05) is 20.8 Å². The van der Waals surface area contributed by atoms with Crippen molar-refractivity contribution in [3.05, 3.63) is 24.3 Å². The number of anilines is 1. The van der Waals surface area contributed by atoms with Crippen molar-refractivity contribution >= 4 is 15.5 Å². The number of likely N-dealkylation sites (N-methyl/N-ethyl adjacent to an activating group) is 1. The van der Waals surface area contributed by atoms with E-state index in [0.717, 1.165) is 0 Å². The van der Waals surface area contributed by atoms with Gasteiger partial charge < -0.3 is 10.2 Å². The summed E-state index contributed by atoms with van der Waals surface area (Å²) in [4.78, 5) is 1.47. The maximum absolute atomic E-state index is 12.8. The van der Waals surface area contributed by atoms with Gasteiger partial charge >= 0.3 is 5.76 Å². The third kappa shape index (κ3) is 4.64.